The van der Waals surface area contributed by atoms with Gasteiger partial charge in [-0.1, -0.05) is 30.3 Å². The molecule has 0 aliphatic heterocycles. The van der Waals surface area contributed by atoms with Crippen LogP contribution in [0.4, 0.5) is 0 Å². The second kappa shape index (κ2) is 7.56. The number of ether oxygens (including phenoxy) is 2. The fraction of sp³-hybridized carbons (Fsp3) is 0.294. The normalized spacial score (nSPS) is 10.3. The fourth-order valence-corrected chi connectivity index (χ4v) is 2.10. The molecule has 2 rings (SSSR count). The zero-order valence-electron chi connectivity index (χ0n) is 12.1. The minimum atomic E-state index is 0.820. The van der Waals surface area contributed by atoms with Gasteiger partial charge in [-0.2, -0.15) is 0 Å². The van der Waals surface area contributed by atoms with E-state index in [0.717, 1.165) is 31.0 Å². The van der Waals surface area contributed by atoms with E-state index in [1.54, 1.807) is 14.2 Å². The Kier molecular flexibility index (Phi) is 5.44. The van der Waals surface area contributed by atoms with E-state index >= 15 is 0 Å². The summed E-state index contributed by atoms with van der Waals surface area (Å²) in [6, 6.07) is 16.3. The second-order valence-electron chi connectivity index (χ2n) is 4.59. The Balaban J connectivity index is 1.78. The van der Waals surface area contributed by atoms with Crippen LogP contribution < -0.4 is 14.8 Å². The first-order valence-corrected chi connectivity index (χ1v) is 6.79. The third-order valence-corrected chi connectivity index (χ3v) is 3.26. The third kappa shape index (κ3) is 4.00. The Bertz CT molecular complexity index is 523. The van der Waals surface area contributed by atoms with Gasteiger partial charge in [0.25, 0.3) is 0 Å². The molecule has 106 valence electrons. The van der Waals surface area contributed by atoms with E-state index in [2.05, 4.69) is 23.5 Å². The van der Waals surface area contributed by atoms with Gasteiger partial charge in [0.15, 0.2) is 0 Å². The number of methoxy groups -OCH3 is 2. The molecular weight excluding hydrogens is 250 g/mol. The molecule has 0 fully saturated rings. The number of para-hydroxylation sites is 1. The van der Waals surface area contributed by atoms with Crippen molar-refractivity contribution in [3.05, 3.63) is 59.7 Å². The lowest BCUT2D eigenvalue weighted by Crippen LogP contribution is -2.17. The predicted molar refractivity (Wildman–Crippen MR) is 81.4 cm³/mol. The molecule has 3 heteroatoms. The number of nitrogens with one attached hydrogen (secondary N) is 1. The molecule has 0 aliphatic carbocycles. The molecule has 0 heterocycles. The Morgan fingerprint density at radius 1 is 0.900 bits per heavy atom. The lowest BCUT2D eigenvalue weighted by Gasteiger charge is -2.09. The SMILES string of the molecule is COc1ccc(CCNCc2ccccc2OC)cc1. The van der Waals surface area contributed by atoms with Crippen LogP contribution in [0.2, 0.25) is 0 Å². The molecule has 0 atom stereocenters. The highest BCUT2D eigenvalue weighted by atomic mass is 16.5. The molecule has 2 aromatic rings. The first kappa shape index (κ1) is 14.4. The summed E-state index contributed by atoms with van der Waals surface area (Å²) in [6.45, 7) is 1.75. The van der Waals surface area contributed by atoms with E-state index in [1.807, 2.05) is 30.3 Å². The molecule has 20 heavy (non-hydrogen) atoms. The van der Waals surface area contributed by atoms with Crippen LogP contribution in [0, 0.1) is 0 Å². The van der Waals surface area contributed by atoms with Crippen LogP contribution in [-0.2, 0) is 13.0 Å². The maximum Gasteiger partial charge on any atom is 0.123 e. The summed E-state index contributed by atoms with van der Waals surface area (Å²) in [7, 11) is 3.39. The molecule has 0 aliphatic rings. The van der Waals surface area contributed by atoms with Gasteiger partial charge < -0.3 is 14.8 Å². The maximum absolute atomic E-state index is 5.33. The quantitative estimate of drug-likeness (QED) is 0.785. The first-order valence-electron chi connectivity index (χ1n) is 6.79. The molecule has 0 saturated heterocycles. The number of hydrogen-bond donors (Lipinski definition) is 1. The molecule has 2 aromatic carbocycles. The van der Waals surface area contributed by atoms with Gasteiger partial charge in [-0.3, -0.25) is 0 Å². The summed E-state index contributed by atoms with van der Waals surface area (Å²) in [4.78, 5) is 0. The van der Waals surface area contributed by atoms with Crippen LogP contribution in [-0.4, -0.2) is 20.8 Å². The average Bonchev–Trinajstić information content (AvgIpc) is 2.52. The van der Waals surface area contributed by atoms with E-state index in [4.69, 9.17) is 9.47 Å². The highest BCUT2D eigenvalue weighted by Crippen LogP contribution is 2.16. The minimum Gasteiger partial charge on any atom is -0.497 e. The molecule has 0 bridgehead atoms. The van der Waals surface area contributed by atoms with Crippen molar-refractivity contribution in [2.75, 3.05) is 20.8 Å². The summed E-state index contributed by atoms with van der Waals surface area (Å²) in [5, 5.41) is 3.44. The summed E-state index contributed by atoms with van der Waals surface area (Å²) in [5.41, 5.74) is 2.49. The van der Waals surface area contributed by atoms with Crippen LogP contribution in [0.15, 0.2) is 48.5 Å². The van der Waals surface area contributed by atoms with E-state index in [1.165, 1.54) is 11.1 Å². The summed E-state index contributed by atoms with van der Waals surface area (Å²) in [5.74, 6) is 1.83. The Labute approximate surface area is 120 Å². The number of rotatable bonds is 7. The largest absolute Gasteiger partial charge is 0.497 e. The molecule has 1 N–H and O–H groups in total. The third-order valence-electron chi connectivity index (χ3n) is 3.26. The van der Waals surface area contributed by atoms with Crippen molar-refractivity contribution in [1.29, 1.82) is 0 Å². The van der Waals surface area contributed by atoms with E-state index in [-0.39, 0.29) is 0 Å². The van der Waals surface area contributed by atoms with Crippen LogP contribution >= 0.6 is 0 Å². The van der Waals surface area contributed by atoms with E-state index in [0.29, 0.717) is 0 Å². The molecule has 3 nitrogen and oxygen atoms in total. The smallest absolute Gasteiger partial charge is 0.123 e. The second-order valence-corrected chi connectivity index (χ2v) is 4.59. The zero-order chi connectivity index (χ0) is 14.2. The van der Waals surface area contributed by atoms with Gasteiger partial charge in [0.1, 0.15) is 11.5 Å². The highest BCUT2D eigenvalue weighted by molar-refractivity contribution is 5.33. The maximum atomic E-state index is 5.33. The molecule has 0 radical (unpaired) electrons. The van der Waals surface area contributed by atoms with Crippen molar-refractivity contribution in [1.82, 2.24) is 5.32 Å². The van der Waals surface area contributed by atoms with Gasteiger partial charge in [0, 0.05) is 12.1 Å². The summed E-state index contributed by atoms with van der Waals surface area (Å²) < 4.78 is 10.5. The van der Waals surface area contributed by atoms with E-state index in [9.17, 15) is 0 Å². The molecular formula is C17H21NO2. The zero-order valence-corrected chi connectivity index (χ0v) is 12.1. The lowest BCUT2D eigenvalue weighted by molar-refractivity contribution is 0.408. The first-order chi connectivity index (χ1) is 9.83. The molecule has 0 unspecified atom stereocenters. The van der Waals surface area contributed by atoms with Gasteiger partial charge in [-0.15, -0.1) is 0 Å². The minimum absolute atomic E-state index is 0.820. The van der Waals surface area contributed by atoms with Crippen molar-refractivity contribution in [3.8, 4) is 11.5 Å². The van der Waals surface area contributed by atoms with E-state index < -0.39 is 0 Å². The summed E-state index contributed by atoms with van der Waals surface area (Å²) in [6.07, 6.45) is 0.999. The van der Waals surface area contributed by atoms with Crippen molar-refractivity contribution >= 4 is 0 Å². The van der Waals surface area contributed by atoms with Crippen LogP contribution in [0.5, 0.6) is 11.5 Å². The van der Waals surface area contributed by atoms with Gasteiger partial charge >= 0.3 is 0 Å². The van der Waals surface area contributed by atoms with Crippen LogP contribution in [0.25, 0.3) is 0 Å². The number of benzene rings is 2. The highest BCUT2D eigenvalue weighted by Gasteiger charge is 2.00. The topological polar surface area (TPSA) is 30.5 Å². The monoisotopic (exact) mass is 271 g/mol. The molecule has 0 spiro atoms. The molecule has 0 saturated carbocycles. The lowest BCUT2D eigenvalue weighted by atomic mass is 10.1. The van der Waals surface area contributed by atoms with Gasteiger partial charge in [0.05, 0.1) is 14.2 Å². The van der Waals surface area contributed by atoms with Crippen molar-refractivity contribution < 1.29 is 9.47 Å². The van der Waals surface area contributed by atoms with Crippen molar-refractivity contribution in [2.24, 2.45) is 0 Å². The summed E-state index contributed by atoms with van der Waals surface area (Å²) >= 11 is 0. The Morgan fingerprint density at radius 3 is 2.35 bits per heavy atom. The standard InChI is InChI=1S/C17H21NO2/c1-19-16-9-7-14(8-10-16)11-12-18-13-15-5-3-4-6-17(15)20-2/h3-10,18H,11-13H2,1-2H3. The van der Waals surface area contributed by atoms with Gasteiger partial charge in [0.2, 0.25) is 0 Å². The number of hydrogen-bond acceptors (Lipinski definition) is 3. The van der Waals surface area contributed by atoms with Crippen LogP contribution in [0.1, 0.15) is 11.1 Å². The van der Waals surface area contributed by atoms with Crippen molar-refractivity contribution in [2.45, 2.75) is 13.0 Å². The Morgan fingerprint density at radius 2 is 1.65 bits per heavy atom. The molecule has 0 aromatic heterocycles. The van der Waals surface area contributed by atoms with Gasteiger partial charge in [-0.05, 0) is 36.7 Å². The Hall–Kier alpha value is -2.00. The van der Waals surface area contributed by atoms with Crippen LogP contribution in [0.3, 0.4) is 0 Å². The fourth-order valence-electron chi connectivity index (χ4n) is 2.10. The predicted octanol–water partition coefficient (Wildman–Crippen LogP) is 3.04. The van der Waals surface area contributed by atoms with Gasteiger partial charge in [-0.25, -0.2) is 0 Å². The molecule has 0 amide bonds. The van der Waals surface area contributed by atoms with Crippen molar-refractivity contribution in [3.63, 3.8) is 0 Å². The average molecular weight is 271 g/mol.